The molecule has 0 aliphatic carbocycles. The third-order valence-electron chi connectivity index (χ3n) is 4.26. The first-order chi connectivity index (χ1) is 11.5. The number of nitrogens with zero attached hydrogens (tertiary/aromatic N) is 4. The second-order valence-electron chi connectivity index (χ2n) is 6.43. The first kappa shape index (κ1) is 16.9. The zero-order chi connectivity index (χ0) is 17.3. The van der Waals surface area contributed by atoms with E-state index in [1.807, 2.05) is 4.52 Å². The number of fused-ring (bicyclic) bond motifs is 1. The molecule has 0 spiro atoms. The minimum Gasteiger partial charge on any atom is -0.370 e. The van der Waals surface area contributed by atoms with E-state index in [2.05, 4.69) is 62.6 Å². The summed E-state index contributed by atoms with van der Waals surface area (Å²) in [6.07, 6.45) is 1.09. The minimum absolute atomic E-state index is 0.921. The predicted octanol–water partition coefficient (Wildman–Crippen LogP) is 3.75. The van der Waals surface area contributed by atoms with Crippen LogP contribution in [-0.4, -0.2) is 46.7 Å². The van der Waals surface area contributed by atoms with E-state index in [1.54, 1.807) is 11.3 Å². The standard InChI is InChI=1S/C18H25N5S/c1-12-13(2)20-18-16(15-8-6-11-24-15)14(3)21-23(18)17(12)19-9-7-10-22(4)5/h6,8,11,19H,7,9-10H2,1-5H3. The summed E-state index contributed by atoms with van der Waals surface area (Å²) < 4.78 is 1.97. The van der Waals surface area contributed by atoms with Crippen LogP contribution in [0.15, 0.2) is 17.5 Å². The summed E-state index contributed by atoms with van der Waals surface area (Å²) in [7, 11) is 4.20. The molecule has 0 aromatic carbocycles. The fourth-order valence-electron chi connectivity index (χ4n) is 2.87. The van der Waals surface area contributed by atoms with Gasteiger partial charge in [-0.15, -0.1) is 11.3 Å². The van der Waals surface area contributed by atoms with Crippen LogP contribution < -0.4 is 5.32 Å². The summed E-state index contributed by atoms with van der Waals surface area (Å²) in [6, 6.07) is 4.21. The van der Waals surface area contributed by atoms with Crippen LogP contribution in [0.1, 0.15) is 23.4 Å². The Hall–Kier alpha value is -1.92. The summed E-state index contributed by atoms with van der Waals surface area (Å²) in [5.74, 6) is 1.06. The highest BCUT2D eigenvalue weighted by Crippen LogP contribution is 2.33. The van der Waals surface area contributed by atoms with Crippen molar-refractivity contribution in [2.24, 2.45) is 0 Å². The number of rotatable bonds is 6. The number of aryl methyl sites for hydroxylation is 2. The predicted molar refractivity (Wildman–Crippen MR) is 102 cm³/mol. The fourth-order valence-corrected chi connectivity index (χ4v) is 3.68. The van der Waals surface area contributed by atoms with E-state index in [-0.39, 0.29) is 0 Å². The maximum atomic E-state index is 4.83. The Kier molecular flexibility index (Phi) is 4.87. The molecule has 0 atom stereocenters. The first-order valence-corrected chi connectivity index (χ1v) is 9.16. The van der Waals surface area contributed by atoms with Crippen molar-refractivity contribution in [1.82, 2.24) is 19.5 Å². The molecule has 0 aliphatic rings. The monoisotopic (exact) mass is 343 g/mol. The number of anilines is 1. The largest absolute Gasteiger partial charge is 0.370 e. The number of aromatic nitrogens is 3. The fraction of sp³-hybridized carbons (Fsp3) is 0.444. The lowest BCUT2D eigenvalue weighted by atomic mass is 10.2. The summed E-state index contributed by atoms with van der Waals surface area (Å²) in [5.41, 5.74) is 5.31. The van der Waals surface area contributed by atoms with Crippen LogP contribution in [0, 0.1) is 20.8 Å². The van der Waals surface area contributed by atoms with Gasteiger partial charge in [-0.05, 0) is 59.3 Å². The molecule has 0 aliphatic heterocycles. The van der Waals surface area contributed by atoms with Gasteiger partial charge in [0.2, 0.25) is 0 Å². The molecule has 0 saturated heterocycles. The van der Waals surface area contributed by atoms with Gasteiger partial charge < -0.3 is 10.2 Å². The summed E-state index contributed by atoms with van der Waals surface area (Å²) >= 11 is 1.73. The highest BCUT2D eigenvalue weighted by Gasteiger charge is 2.18. The van der Waals surface area contributed by atoms with Crippen molar-refractivity contribution in [1.29, 1.82) is 0 Å². The molecule has 0 bridgehead atoms. The van der Waals surface area contributed by atoms with Gasteiger partial charge in [-0.25, -0.2) is 4.98 Å². The van der Waals surface area contributed by atoms with Gasteiger partial charge >= 0.3 is 0 Å². The second kappa shape index (κ2) is 6.91. The van der Waals surface area contributed by atoms with Crippen molar-refractivity contribution in [3.8, 4) is 10.4 Å². The Morgan fingerprint density at radius 2 is 2.00 bits per heavy atom. The molecular weight excluding hydrogens is 318 g/mol. The van der Waals surface area contributed by atoms with Crippen LogP contribution in [0.5, 0.6) is 0 Å². The molecule has 0 radical (unpaired) electrons. The van der Waals surface area contributed by atoms with E-state index < -0.39 is 0 Å². The van der Waals surface area contributed by atoms with E-state index >= 15 is 0 Å². The molecule has 0 amide bonds. The lowest BCUT2D eigenvalue weighted by Gasteiger charge is -2.14. The quantitative estimate of drug-likeness (QED) is 0.693. The normalized spacial score (nSPS) is 11.6. The van der Waals surface area contributed by atoms with Crippen LogP contribution in [0.3, 0.4) is 0 Å². The Morgan fingerprint density at radius 1 is 1.21 bits per heavy atom. The van der Waals surface area contributed by atoms with Gasteiger partial charge in [0.05, 0.1) is 11.3 Å². The maximum Gasteiger partial charge on any atom is 0.166 e. The average molecular weight is 344 g/mol. The van der Waals surface area contributed by atoms with Crippen molar-refractivity contribution >= 4 is 22.8 Å². The molecule has 0 saturated carbocycles. The summed E-state index contributed by atoms with van der Waals surface area (Å²) in [4.78, 5) is 8.25. The Morgan fingerprint density at radius 3 is 2.67 bits per heavy atom. The van der Waals surface area contributed by atoms with Gasteiger partial charge in [0.15, 0.2) is 5.65 Å². The van der Waals surface area contributed by atoms with Crippen LogP contribution >= 0.6 is 11.3 Å². The van der Waals surface area contributed by atoms with E-state index in [0.717, 1.165) is 53.5 Å². The number of nitrogens with one attached hydrogen (secondary N) is 1. The Balaban J connectivity index is 2.02. The maximum absolute atomic E-state index is 4.83. The smallest absolute Gasteiger partial charge is 0.166 e. The molecule has 3 heterocycles. The highest BCUT2D eigenvalue weighted by molar-refractivity contribution is 7.13. The molecular formula is C18H25N5S. The van der Waals surface area contributed by atoms with Crippen LogP contribution in [0.4, 0.5) is 5.82 Å². The molecule has 0 unspecified atom stereocenters. The average Bonchev–Trinajstić information content (AvgIpc) is 3.14. The number of thiophene rings is 1. The van der Waals surface area contributed by atoms with Crippen molar-refractivity contribution in [2.75, 3.05) is 32.5 Å². The lowest BCUT2D eigenvalue weighted by Crippen LogP contribution is -2.18. The molecule has 5 nitrogen and oxygen atoms in total. The van der Waals surface area contributed by atoms with Crippen molar-refractivity contribution in [2.45, 2.75) is 27.2 Å². The van der Waals surface area contributed by atoms with Gasteiger partial charge in [0.1, 0.15) is 5.82 Å². The number of hydrogen-bond acceptors (Lipinski definition) is 5. The molecule has 128 valence electrons. The van der Waals surface area contributed by atoms with Crippen molar-refractivity contribution < 1.29 is 0 Å². The SMILES string of the molecule is Cc1nc2c(-c3cccs3)c(C)nn2c(NCCCN(C)C)c1C. The van der Waals surface area contributed by atoms with Crippen molar-refractivity contribution in [3.05, 3.63) is 34.5 Å². The van der Waals surface area contributed by atoms with Gasteiger partial charge in [0, 0.05) is 22.7 Å². The molecule has 24 heavy (non-hydrogen) atoms. The van der Waals surface area contributed by atoms with Gasteiger partial charge in [-0.1, -0.05) is 6.07 Å². The van der Waals surface area contributed by atoms with Gasteiger partial charge in [-0.2, -0.15) is 9.61 Å². The van der Waals surface area contributed by atoms with Crippen molar-refractivity contribution in [3.63, 3.8) is 0 Å². The molecule has 1 N–H and O–H groups in total. The third-order valence-corrected chi connectivity index (χ3v) is 5.15. The third kappa shape index (κ3) is 3.16. The topological polar surface area (TPSA) is 45.5 Å². The second-order valence-corrected chi connectivity index (χ2v) is 7.38. The van der Waals surface area contributed by atoms with E-state index in [1.165, 1.54) is 4.88 Å². The zero-order valence-electron chi connectivity index (χ0n) is 15.1. The zero-order valence-corrected chi connectivity index (χ0v) is 15.9. The van der Waals surface area contributed by atoms with E-state index in [4.69, 9.17) is 10.1 Å². The van der Waals surface area contributed by atoms with Gasteiger partial charge in [-0.3, -0.25) is 0 Å². The highest BCUT2D eigenvalue weighted by atomic mass is 32.1. The molecule has 3 rings (SSSR count). The Bertz CT molecular complexity index is 833. The molecule has 6 heteroatoms. The van der Waals surface area contributed by atoms with E-state index in [0.29, 0.717) is 0 Å². The van der Waals surface area contributed by atoms with Gasteiger partial charge in [0.25, 0.3) is 0 Å². The van der Waals surface area contributed by atoms with E-state index in [9.17, 15) is 0 Å². The summed E-state index contributed by atoms with van der Waals surface area (Å²) in [6.45, 7) is 8.23. The molecule has 3 aromatic rings. The Labute approximate surface area is 147 Å². The number of hydrogen-bond donors (Lipinski definition) is 1. The molecule has 3 aromatic heterocycles. The van der Waals surface area contributed by atoms with Crippen LogP contribution in [-0.2, 0) is 0 Å². The summed E-state index contributed by atoms with van der Waals surface area (Å²) in [5, 5.41) is 10.4. The van der Waals surface area contributed by atoms with Crippen LogP contribution in [0.25, 0.3) is 16.1 Å². The first-order valence-electron chi connectivity index (χ1n) is 8.28. The minimum atomic E-state index is 0.921. The lowest BCUT2D eigenvalue weighted by molar-refractivity contribution is 0.405. The molecule has 0 fully saturated rings. The van der Waals surface area contributed by atoms with Crippen LogP contribution in [0.2, 0.25) is 0 Å².